The molecule has 0 aliphatic rings. The predicted molar refractivity (Wildman–Crippen MR) is 124 cm³/mol. The summed E-state index contributed by atoms with van der Waals surface area (Å²) in [6, 6.07) is 9.57. The molecule has 0 saturated carbocycles. The van der Waals surface area contributed by atoms with Crippen LogP contribution in [0.25, 0.3) is 6.08 Å². The molecule has 0 fully saturated rings. The number of carbonyl (C=O) groups excluding carboxylic acids is 2. The number of methoxy groups -OCH3 is 1. The Morgan fingerprint density at radius 3 is 2.82 bits per heavy atom. The van der Waals surface area contributed by atoms with Gasteiger partial charge in [0.05, 0.1) is 13.4 Å². The van der Waals surface area contributed by atoms with Crippen molar-refractivity contribution in [1.82, 2.24) is 9.36 Å². The lowest BCUT2D eigenvalue weighted by molar-refractivity contribution is -0.112. The molecule has 0 saturated heterocycles. The van der Waals surface area contributed by atoms with E-state index < -0.39 is 11.9 Å². The van der Waals surface area contributed by atoms with E-state index in [2.05, 4.69) is 28.5 Å². The van der Waals surface area contributed by atoms with Gasteiger partial charge in [-0.05, 0) is 41.8 Å². The zero-order chi connectivity index (χ0) is 23.8. The van der Waals surface area contributed by atoms with Crippen LogP contribution in [0.4, 0.5) is 5.13 Å². The van der Waals surface area contributed by atoms with E-state index in [4.69, 9.17) is 13.9 Å². The van der Waals surface area contributed by atoms with Gasteiger partial charge in [0.25, 0.3) is 5.91 Å². The number of hydrogen-bond acceptors (Lipinski definition) is 10. The normalized spacial score (nSPS) is 11.2. The van der Waals surface area contributed by atoms with Crippen molar-refractivity contribution in [3.05, 3.63) is 53.5 Å². The Kier molecular flexibility index (Phi) is 8.23. The summed E-state index contributed by atoms with van der Waals surface area (Å²) >= 11 is 2.55. The molecule has 3 rings (SSSR count). The number of nitrogens with zero attached hydrogens (tertiary/aromatic N) is 3. The molecule has 0 bridgehead atoms. The lowest BCUT2D eigenvalue weighted by atomic mass is 10.1. The third-order valence-corrected chi connectivity index (χ3v) is 5.98. The van der Waals surface area contributed by atoms with Gasteiger partial charge < -0.3 is 13.9 Å². The van der Waals surface area contributed by atoms with Crippen LogP contribution < -0.4 is 14.8 Å². The highest BCUT2D eigenvalue weighted by Crippen LogP contribution is 2.30. The van der Waals surface area contributed by atoms with Crippen LogP contribution in [0.2, 0.25) is 0 Å². The standard InChI is InChI=1S/C22H20N4O5S2/c1-13(2)12-32-22-25-21(33-26-22)24-19(27)15(11-23)9-14-6-7-16(18(10-14)29-3)31-20(28)17-5-4-8-30-17/h4-10,13H,12H2,1-3H3,(H,24,25,26,27). The molecule has 0 aliphatic heterocycles. The second-order valence-electron chi connectivity index (χ2n) is 6.99. The Morgan fingerprint density at radius 2 is 2.15 bits per heavy atom. The van der Waals surface area contributed by atoms with Crippen LogP contribution in [-0.4, -0.2) is 34.1 Å². The van der Waals surface area contributed by atoms with Gasteiger partial charge in [-0.1, -0.05) is 31.7 Å². The first kappa shape index (κ1) is 24.0. The number of nitrogens with one attached hydrogen (secondary N) is 1. The number of benzene rings is 1. The summed E-state index contributed by atoms with van der Waals surface area (Å²) < 4.78 is 19.8. The number of hydrogen-bond donors (Lipinski definition) is 1. The number of thioether (sulfide) groups is 1. The molecule has 9 nitrogen and oxygen atoms in total. The Hall–Kier alpha value is -3.62. The summed E-state index contributed by atoms with van der Waals surface area (Å²) in [5.74, 6) is 0.524. The minimum Gasteiger partial charge on any atom is -0.493 e. The van der Waals surface area contributed by atoms with Crippen LogP contribution >= 0.6 is 23.3 Å². The molecule has 0 aliphatic carbocycles. The van der Waals surface area contributed by atoms with Gasteiger partial charge >= 0.3 is 5.97 Å². The number of esters is 1. The monoisotopic (exact) mass is 484 g/mol. The Labute approximate surface area is 198 Å². The average molecular weight is 485 g/mol. The van der Waals surface area contributed by atoms with Crippen LogP contribution in [0.1, 0.15) is 30.0 Å². The molecule has 0 atom stereocenters. The second kappa shape index (κ2) is 11.3. The maximum absolute atomic E-state index is 12.5. The van der Waals surface area contributed by atoms with E-state index >= 15 is 0 Å². The third-order valence-electron chi connectivity index (χ3n) is 3.96. The predicted octanol–water partition coefficient (Wildman–Crippen LogP) is 4.65. The van der Waals surface area contributed by atoms with Crippen LogP contribution in [0.15, 0.2) is 51.7 Å². The van der Waals surface area contributed by atoms with Crippen molar-refractivity contribution < 1.29 is 23.5 Å². The molecule has 0 unspecified atom stereocenters. The molecule has 0 spiro atoms. The molecular formula is C22H20N4O5S2. The van der Waals surface area contributed by atoms with E-state index in [0.29, 0.717) is 21.8 Å². The van der Waals surface area contributed by atoms with Crippen LogP contribution in [-0.2, 0) is 4.79 Å². The zero-order valence-corrected chi connectivity index (χ0v) is 19.7. The lowest BCUT2D eigenvalue weighted by Crippen LogP contribution is -2.13. The SMILES string of the molecule is COc1cc(C=C(C#N)C(=O)Nc2nc(SCC(C)C)ns2)ccc1OC(=O)c1ccco1. The van der Waals surface area contributed by atoms with Crippen molar-refractivity contribution in [2.45, 2.75) is 19.0 Å². The van der Waals surface area contributed by atoms with Gasteiger partial charge in [-0.3, -0.25) is 10.1 Å². The minimum absolute atomic E-state index is 0.0481. The topological polar surface area (TPSA) is 127 Å². The number of carbonyl (C=O) groups is 2. The molecule has 2 aromatic heterocycles. The Morgan fingerprint density at radius 1 is 1.33 bits per heavy atom. The number of nitriles is 1. The van der Waals surface area contributed by atoms with E-state index in [-0.39, 0.29) is 22.8 Å². The van der Waals surface area contributed by atoms with Crippen molar-refractivity contribution in [2.75, 3.05) is 18.2 Å². The molecule has 1 aromatic carbocycles. The van der Waals surface area contributed by atoms with Crippen molar-refractivity contribution in [3.8, 4) is 17.6 Å². The smallest absolute Gasteiger partial charge is 0.379 e. The molecule has 3 aromatic rings. The second-order valence-corrected chi connectivity index (χ2v) is 8.73. The minimum atomic E-state index is -0.679. The first-order valence-corrected chi connectivity index (χ1v) is 11.5. The van der Waals surface area contributed by atoms with Gasteiger partial charge in [-0.25, -0.2) is 4.79 Å². The molecule has 1 N–H and O–H groups in total. The molecule has 33 heavy (non-hydrogen) atoms. The lowest BCUT2D eigenvalue weighted by Gasteiger charge is -2.09. The van der Waals surface area contributed by atoms with Crippen LogP contribution in [0.3, 0.4) is 0 Å². The van der Waals surface area contributed by atoms with Gasteiger partial charge in [0.15, 0.2) is 11.5 Å². The van der Waals surface area contributed by atoms with E-state index in [1.54, 1.807) is 18.2 Å². The maximum atomic E-state index is 12.5. The van der Waals surface area contributed by atoms with E-state index in [1.165, 1.54) is 43.3 Å². The summed E-state index contributed by atoms with van der Waals surface area (Å²) in [6.07, 6.45) is 2.76. The van der Waals surface area contributed by atoms with Gasteiger partial charge in [0.2, 0.25) is 16.0 Å². The fourth-order valence-corrected chi connectivity index (χ4v) is 3.93. The third kappa shape index (κ3) is 6.68. The summed E-state index contributed by atoms with van der Waals surface area (Å²) in [5, 5.41) is 12.9. The summed E-state index contributed by atoms with van der Waals surface area (Å²) in [5.41, 5.74) is 0.366. The van der Waals surface area contributed by atoms with Crippen molar-refractivity contribution in [3.63, 3.8) is 0 Å². The van der Waals surface area contributed by atoms with Gasteiger partial charge in [0, 0.05) is 17.3 Å². The van der Waals surface area contributed by atoms with Crippen LogP contribution in [0, 0.1) is 17.2 Å². The first-order chi connectivity index (χ1) is 15.9. The Bertz CT molecular complexity index is 1200. The number of furan rings is 1. The van der Waals surface area contributed by atoms with Crippen molar-refractivity contribution >= 4 is 46.4 Å². The molecule has 1 amide bonds. The number of rotatable bonds is 9. The van der Waals surface area contributed by atoms with E-state index in [9.17, 15) is 14.9 Å². The highest BCUT2D eigenvalue weighted by molar-refractivity contribution is 7.99. The van der Waals surface area contributed by atoms with Crippen LogP contribution in [0.5, 0.6) is 11.5 Å². The maximum Gasteiger partial charge on any atom is 0.379 e. The number of anilines is 1. The fourth-order valence-electron chi connectivity index (χ4n) is 2.44. The highest BCUT2D eigenvalue weighted by atomic mass is 32.2. The van der Waals surface area contributed by atoms with E-state index in [0.717, 1.165) is 17.3 Å². The Balaban J connectivity index is 1.71. The molecule has 170 valence electrons. The van der Waals surface area contributed by atoms with Crippen molar-refractivity contribution in [2.24, 2.45) is 5.92 Å². The van der Waals surface area contributed by atoms with Gasteiger partial charge in [-0.15, -0.1) is 0 Å². The number of ether oxygens (including phenoxy) is 2. The number of amides is 1. The highest BCUT2D eigenvalue weighted by Gasteiger charge is 2.17. The largest absolute Gasteiger partial charge is 0.493 e. The van der Waals surface area contributed by atoms with E-state index in [1.807, 2.05) is 6.07 Å². The number of aromatic nitrogens is 2. The molecule has 0 radical (unpaired) electrons. The molecule has 11 heteroatoms. The average Bonchev–Trinajstić information content (AvgIpc) is 3.49. The summed E-state index contributed by atoms with van der Waals surface area (Å²) in [4.78, 5) is 28.9. The zero-order valence-electron chi connectivity index (χ0n) is 18.0. The molecule has 2 heterocycles. The van der Waals surface area contributed by atoms with Crippen molar-refractivity contribution in [1.29, 1.82) is 5.26 Å². The summed E-state index contributed by atoms with van der Waals surface area (Å²) in [6.45, 7) is 4.19. The molecular weight excluding hydrogens is 464 g/mol. The summed E-state index contributed by atoms with van der Waals surface area (Å²) in [7, 11) is 1.41. The first-order valence-electron chi connectivity index (χ1n) is 9.73. The van der Waals surface area contributed by atoms with Gasteiger partial charge in [-0.2, -0.15) is 14.6 Å². The quantitative estimate of drug-likeness (QED) is 0.152. The van der Waals surface area contributed by atoms with Gasteiger partial charge in [0.1, 0.15) is 11.6 Å². The fraction of sp³-hybridized carbons (Fsp3) is 0.227.